The number of piperidine rings is 2. The molecule has 7 nitrogen and oxygen atoms in total. The van der Waals surface area contributed by atoms with E-state index in [-0.39, 0.29) is 11.8 Å². The van der Waals surface area contributed by atoms with Crippen molar-refractivity contribution in [3.05, 3.63) is 24.4 Å². The molecule has 0 unspecified atom stereocenters. The average molecular weight is 381 g/mol. The fourth-order valence-electron chi connectivity index (χ4n) is 3.92. The number of nitrogens with zero attached hydrogens (tertiary/aromatic N) is 4. The van der Waals surface area contributed by atoms with Crippen LogP contribution in [0.25, 0.3) is 0 Å². The third-order valence-electron chi connectivity index (χ3n) is 5.61. The maximum atomic E-state index is 12.8. The van der Waals surface area contributed by atoms with Crippen LogP contribution < -0.4 is 4.90 Å². The number of sulfonamides is 1. The van der Waals surface area contributed by atoms with Gasteiger partial charge in [-0.1, -0.05) is 6.07 Å². The molecule has 8 heteroatoms. The summed E-state index contributed by atoms with van der Waals surface area (Å²) in [5.74, 6) is 1.11. The van der Waals surface area contributed by atoms with Crippen molar-refractivity contribution in [3.8, 4) is 0 Å². The number of carbonyl (C=O) groups is 1. The summed E-state index contributed by atoms with van der Waals surface area (Å²) in [6.07, 6.45) is 6.15. The monoisotopic (exact) mass is 380 g/mol. The van der Waals surface area contributed by atoms with E-state index in [0.717, 1.165) is 31.7 Å². The first-order chi connectivity index (χ1) is 12.4. The standard InChI is InChI=1S/C18H28N4O3S/c1-20(17-5-3-4-10-19-17)16-8-11-21(12-9-16)18(23)15-6-13-22(14-7-15)26(2,24)25/h3-5,10,15-16H,6-9,11-14H2,1-2H3. The first-order valence-electron chi connectivity index (χ1n) is 9.24. The van der Waals surface area contributed by atoms with Crippen molar-refractivity contribution in [1.82, 2.24) is 14.2 Å². The van der Waals surface area contributed by atoms with E-state index in [1.807, 2.05) is 23.1 Å². The van der Waals surface area contributed by atoms with Crippen molar-refractivity contribution in [2.24, 2.45) is 5.92 Å². The lowest BCUT2D eigenvalue weighted by molar-refractivity contribution is -0.137. The van der Waals surface area contributed by atoms with Gasteiger partial charge in [0.05, 0.1) is 6.26 Å². The minimum Gasteiger partial charge on any atom is -0.357 e. The molecule has 0 bridgehead atoms. The van der Waals surface area contributed by atoms with Crippen molar-refractivity contribution >= 4 is 21.7 Å². The highest BCUT2D eigenvalue weighted by Crippen LogP contribution is 2.25. The molecule has 26 heavy (non-hydrogen) atoms. The smallest absolute Gasteiger partial charge is 0.225 e. The molecule has 3 rings (SSSR count). The van der Waals surface area contributed by atoms with Gasteiger partial charge in [0.1, 0.15) is 5.82 Å². The van der Waals surface area contributed by atoms with E-state index < -0.39 is 10.0 Å². The molecule has 2 fully saturated rings. The van der Waals surface area contributed by atoms with Crippen LogP contribution in [0.4, 0.5) is 5.82 Å². The zero-order valence-electron chi connectivity index (χ0n) is 15.5. The van der Waals surface area contributed by atoms with Gasteiger partial charge in [-0.05, 0) is 37.8 Å². The molecule has 2 aliphatic heterocycles. The topological polar surface area (TPSA) is 73.8 Å². The van der Waals surface area contributed by atoms with Crippen molar-refractivity contribution in [1.29, 1.82) is 0 Å². The lowest BCUT2D eigenvalue weighted by Gasteiger charge is -2.39. The predicted octanol–water partition coefficient (Wildman–Crippen LogP) is 1.18. The second-order valence-electron chi connectivity index (χ2n) is 7.29. The van der Waals surface area contributed by atoms with E-state index in [0.29, 0.717) is 32.0 Å². The third-order valence-corrected chi connectivity index (χ3v) is 6.91. The van der Waals surface area contributed by atoms with Crippen LogP contribution in [0.1, 0.15) is 25.7 Å². The molecule has 0 aromatic carbocycles. The van der Waals surface area contributed by atoms with Crippen molar-refractivity contribution in [2.45, 2.75) is 31.7 Å². The molecule has 0 aliphatic carbocycles. The number of aromatic nitrogens is 1. The molecule has 3 heterocycles. The van der Waals surface area contributed by atoms with Gasteiger partial charge in [-0.2, -0.15) is 0 Å². The van der Waals surface area contributed by atoms with Gasteiger partial charge < -0.3 is 9.80 Å². The van der Waals surface area contributed by atoms with E-state index in [2.05, 4.69) is 16.9 Å². The van der Waals surface area contributed by atoms with Crippen LogP contribution in [0, 0.1) is 5.92 Å². The van der Waals surface area contributed by atoms with E-state index >= 15 is 0 Å². The number of carbonyl (C=O) groups excluding carboxylic acids is 1. The summed E-state index contributed by atoms with van der Waals surface area (Å²) in [7, 11) is -1.09. The minimum absolute atomic E-state index is 0.0435. The Morgan fingerprint density at radius 1 is 1.12 bits per heavy atom. The SMILES string of the molecule is CN(c1ccccn1)C1CCN(C(=O)C2CCN(S(C)(=O)=O)CC2)CC1. The lowest BCUT2D eigenvalue weighted by Crippen LogP contribution is -2.49. The van der Waals surface area contributed by atoms with Crippen molar-refractivity contribution in [3.63, 3.8) is 0 Å². The summed E-state index contributed by atoms with van der Waals surface area (Å²) in [6, 6.07) is 6.29. The molecule has 0 atom stereocenters. The Bertz CT molecular complexity index is 709. The number of amides is 1. The van der Waals surface area contributed by atoms with Gasteiger partial charge in [0.15, 0.2) is 0 Å². The lowest BCUT2D eigenvalue weighted by atomic mass is 9.94. The minimum atomic E-state index is -3.15. The molecule has 2 aliphatic rings. The van der Waals surface area contributed by atoms with E-state index in [1.165, 1.54) is 10.6 Å². The number of hydrogen-bond acceptors (Lipinski definition) is 5. The Kier molecular flexibility index (Phi) is 5.82. The molecule has 1 aromatic rings. The molecule has 0 saturated carbocycles. The molecule has 1 aromatic heterocycles. The summed E-state index contributed by atoms with van der Waals surface area (Å²) in [5.41, 5.74) is 0. The van der Waals surface area contributed by atoms with E-state index in [4.69, 9.17) is 0 Å². The Balaban J connectivity index is 1.50. The van der Waals surface area contributed by atoms with Gasteiger partial charge >= 0.3 is 0 Å². The quantitative estimate of drug-likeness (QED) is 0.784. The molecule has 1 amide bonds. The van der Waals surface area contributed by atoms with Gasteiger partial charge in [-0.3, -0.25) is 4.79 Å². The first-order valence-corrected chi connectivity index (χ1v) is 11.1. The molecule has 0 radical (unpaired) electrons. The van der Waals surface area contributed by atoms with Crippen LogP contribution in [0.2, 0.25) is 0 Å². The van der Waals surface area contributed by atoms with Gasteiger partial charge in [-0.25, -0.2) is 17.7 Å². The summed E-state index contributed by atoms with van der Waals surface area (Å²) in [4.78, 5) is 21.4. The second-order valence-corrected chi connectivity index (χ2v) is 9.27. The largest absolute Gasteiger partial charge is 0.357 e. The molecular weight excluding hydrogens is 352 g/mol. The fourth-order valence-corrected chi connectivity index (χ4v) is 4.79. The first kappa shape index (κ1) is 19.1. The van der Waals surface area contributed by atoms with Crippen LogP contribution in [-0.4, -0.2) is 74.0 Å². The average Bonchev–Trinajstić information content (AvgIpc) is 2.67. The van der Waals surface area contributed by atoms with Gasteiger partial charge in [0.25, 0.3) is 0 Å². The Morgan fingerprint density at radius 3 is 2.31 bits per heavy atom. The third kappa shape index (κ3) is 4.35. The highest BCUT2D eigenvalue weighted by Gasteiger charge is 2.33. The van der Waals surface area contributed by atoms with Crippen molar-refractivity contribution < 1.29 is 13.2 Å². The summed E-state index contributed by atoms with van der Waals surface area (Å²) in [6.45, 7) is 2.42. The van der Waals surface area contributed by atoms with Crippen molar-refractivity contribution in [2.75, 3.05) is 44.4 Å². The number of rotatable bonds is 4. The Morgan fingerprint density at radius 2 is 1.77 bits per heavy atom. The highest BCUT2D eigenvalue weighted by atomic mass is 32.2. The summed E-state index contributed by atoms with van der Waals surface area (Å²) >= 11 is 0. The maximum Gasteiger partial charge on any atom is 0.225 e. The van der Waals surface area contributed by atoms with Crippen LogP contribution in [0.3, 0.4) is 0 Å². The van der Waals surface area contributed by atoms with Gasteiger partial charge in [0.2, 0.25) is 15.9 Å². The highest BCUT2D eigenvalue weighted by molar-refractivity contribution is 7.88. The number of likely N-dealkylation sites (tertiary alicyclic amines) is 1. The normalized spacial score (nSPS) is 20.9. The molecule has 2 saturated heterocycles. The molecular formula is C18H28N4O3S. The van der Waals surface area contributed by atoms with E-state index in [1.54, 1.807) is 6.20 Å². The van der Waals surface area contributed by atoms with Crippen LogP contribution >= 0.6 is 0 Å². The van der Waals surface area contributed by atoms with E-state index in [9.17, 15) is 13.2 Å². The van der Waals surface area contributed by atoms with Crippen LogP contribution in [0.5, 0.6) is 0 Å². The predicted molar refractivity (Wildman–Crippen MR) is 101 cm³/mol. The molecule has 0 spiro atoms. The zero-order chi connectivity index (χ0) is 18.7. The zero-order valence-corrected chi connectivity index (χ0v) is 16.4. The fraction of sp³-hybridized carbons (Fsp3) is 0.667. The maximum absolute atomic E-state index is 12.8. The van der Waals surface area contributed by atoms with Gasteiger partial charge in [0, 0.05) is 51.4 Å². The molecule has 144 valence electrons. The van der Waals surface area contributed by atoms with Crippen LogP contribution in [-0.2, 0) is 14.8 Å². The number of anilines is 1. The number of hydrogen-bond donors (Lipinski definition) is 0. The Labute approximate surface area is 156 Å². The number of pyridine rings is 1. The van der Waals surface area contributed by atoms with Crippen LogP contribution in [0.15, 0.2) is 24.4 Å². The molecule has 0 N–H and O–H groups in total. The summed E-state index contributed by atoms with van der Waals surface area (Å²) in [5, 5.41) is 0. The van der Waals surface area contributed by atoms with Gasteiger partial charge in [-0.15, -0.1) is 0 Å². The Hall–Kier alpha value is -1.67. The summed E-state index contributed by atoms with van der Waals surface area (Å²) < 4.78 is 24.7. The second kappa shape index (κ2) is 7.92.